The number of aromatic nitrogens is 3. The number of para-hydroxylation sites is 1. The van der Waals surface area contributed by atoms with Gasteiger partial charge >= 0.3 is 5.97 Å². The van der Waals surface area contributed by atoms with E-state index in [1.807, 2.05) is 37.3 Å². The van der Waals surface area contributed by atoms with E-state index >= 15 is 0 Å². The van der Waals surface area contributed by atoms with Gasteiger partial charge in [0.1, 0.15) is 5.69 Å². The van der Waals surface area contributed by atoms with Gasteiger partial charge in [0.15, 0.2) is 12.3 Å². The number of carbonyl (C=O) groups excluding carboxylic acids is 2. The Balaban J connectivity index is 1.36. The van der Waals surface area contributed by atoms with Gasteiger partial charge in [-0.25, -0.2) is 4.79 Å². The molecule has 2 aromatic carbocycles. The van der Waals surface area contributed by atoms with Crippen molar-refractivity contribution >= 4 is 28.7 Å². The Bertz CT molecular complexity index is 1140. The van der Waals surface area contributed by atoms with Gasteiger partial charge in [0.25, 0.3) is 5.91 Å². The van der Waals surface area contributed by atoms with Crippen LogP contribution in [0.1, 0.15) is 16.1 Å². The first-order chi connectivity index (χ1) is 13.6. The molecule has 8 nitrogen and oxygen atoms in total. The van der Waals surface area contributed by atoms with Crippen molar-refractivity contribution in [2.45, 2.75) is 6.92 Å². The summed E-state index contributed by atoms with van der Waals surface area (Å²) in [6.45, 7) is 1.52. The summed E-state index contributed by atoms with van der Waals surface area (Å²) in [7, 11) is 0. The highest BCUT2D eigenvalue weighted by Gasteiger charge is 2.17. The van der Waals surface area contributed by atoms with Crippen LogP contribution in [0.25, 0.3) is 22.2 Å². The zero-order chi connectivity index (χ0) is 19.5. The van der Waals surface area contributed by atoms with Crippen molar-refractivity contribution in [2.24, 2.45) is 0 Å². The monoisotopic (exact) mass is 376 g/mol. The molecule has 0 spiro atoms. The SMILES string of the molecule is Cc1ccc(-c2cc(NC(=O)COC(=O)c3n[nH]c4ccccc34)on2)cc1. The predicted octanol–water partition coefficient (Wildman–Crippen LogP) is 3.32. The van der Waals surface area contributed by atoms with Crippen LogP contribution in [0, 0.1) is 6.92 Å². The highest BCUT2D eigenvalue weighted by molar-refractivity contribution is 6.02. The van der Waals surface area contributed by atoms with Crippen molar-refractivity contribution in [3.8, 4) is 11.3 Å². The number of anilines is 1. The molecule has 8 heteroatoms. The number of nitrogens with zero attached hydrogens (tertiary/aromatic N) is 2. The molecule has 1 amide bonds. The Morgan fingerprint density at radius 2 is 1.93 bits per heavy atom. The van der Waals surface area contributed by atoms with Gasteiger partial charge in [0, 0.05) is 17.0 Å². The lowest BCUT2D eigenvalue weighted by molar-refractivity contribution is -0.119. The van der Waals surface area contributed by atoms with Gasteiger partial charge in [0.05, 0.1) is 5.52 Å². The third-order valence-electron chi connectivity index (χ3n) is 4.12. The van der Waals surface area contributed by atoms with Crippen LogP contribution in [-0.4, -0.2) is 33.8 Å². The number of rotatable bonds is 5. The zero-order valence-corrected chi connectivity index (χ0v) is 14.9. The molecule has 0 atom stereocenters. The normalized spacial score (nSPS) is 10.8. The van der Waals surface area contributed by atoms with Crippen molar-refractivity contribution in [3.05, 3.63) is 65.9 Å². The topological polar surface area (TPSA) is 110 Å². The Morgan fingerprint density at radius 1 is 1.14 bits per heavy atom. The molecule has 140 valence electrons. The minimum Gasteiger partial charge on any atom is -0.451 e. The van der Waals surface area contributed by atoms with Gasteiger partial charge in [-0.2, -0.15) is 5.10 Å². The molecule has 0 fully saturated rings. The highest BCUT2D eigenvalue weighted by atomic mass is 16.5. The summed E-state index contributed by atoms with van der Waals surface area (Å²) < 4.78 is 10.2. The molecule has 4 aromatic rings. The lowest BCUT2D eigenvalue weighted by Gasteiger charge is -2.02. The molecule has 0 aliphatic rings. The van der Waals surface area contributed by atoms with Gasteiger partial charge in [-0.15, -0.1) is 0 Å². The maximum absolute atomic E-state index is 12.2. The fraction of sp³-hybridized carbons (Fsp3) is 0.100. The van der Waals surface area contributed by atoms with Crippen molar-refractivity contribution in [3.63, 3.8) is 0 Å². The molecule has 0 aliphatic heterocycles. The van der Waals surface area contributed by atoms with E-state index in [9.17, 15) is 9.59 Å². The number of fused-ring (bicyclic) bond motifs is 1. The minimum absolute atomic E-state index is 0.129. The summed E-state index contributed by atoms with van der Waals surface area (Å²) in [6, 6.07) is 16.5. The van der Waals surface area contributed by atoms with E-state index in [0.29, 0.717) is 16.6 Å². The quantitative estimate of drug-likeness (QED) is 0.517. The maximum Gasteiger partial charge on any atom is 0.359 e. The van der Waals surface area contributed by atoms with E-state index in [4.69, 9.17) is 9.26 Å². The average molecular weight is 376 g/mol. The van der Waals surface area contributed by atoms with Crippen LogP contribution in [0.3, 0.4) is 0 Å². The van der Waals surface area contributed by atoms with Crippen molar-refractivity contribution in [1.29, 1.82) is 0 Å². The molecular weight excluding hydrogens is 360 g/mol. The molecule has 0 aliphatic carbocycles. The summed E-state index contributed by atoms with van der Waals surface area (Å²) >= 11 is 0. The first kappa shape index (κ1) is 17.5. The van der Waals surface area contributed by atoms with Crippen molar-refractivity contribution in [2.75, 3.05) is 11.9 Å². The van der Waals surface area contributed by atoms with Crippen LogP contribution in [0.4, 0.5) is 5.88 Å². The first-order valence-electron chi connectivity index (χ1n) is 8.54. The summed E-state index contributed by atoms with van der Waals surface area (Å²) in [4.78, 5) is 24.2. The molecule has 28 heavy (non-hydrogen) atoms. The van der Waals surface area contributed by atoms with Gasteiger partial charge < -0.3 is 9.26 Å². The second-order valence-electron chi connectivity index (χ2n) is 6.18. The third-order valence-corrected chi connectivity index (χ3v) is 4.12. The van der Waals surface area contributed by atoms with Gasteiger partial charge in [-0.3, -0.25) is 15.2 Å². The average Bonchev–Trinajstić information content (AvgIpc) is 3.34. The first-order valence-corrected chi connectivity index (χ1v) is 8.54. The van der Waals surface area contributed by atoms with E-state index in [2.05, 4.69) is 20.7 Å². The molecule has 0 saturated carbocycles. The Labute approximate surface area is 159 Å². The molecule has 2 N–H and O–H groups in total. The predicted molar refractivity (Wildman–Crippen MR) is 102 cm³/mol. The van der Waals surface area contributed by atoms with Crippen molar-refractivity contribution < 1.29 is 18.8 Å². The van der Waals surface area contributed by atoms with Crippen LogP contribution >= 0.6 is 0 Å². The maximum atomic E-state index is 12.2. The van der Waals surface area contributed by atoms with E-state index < -0.39 is 18.5 Å². The molecular formula is C20H16N4O4. The number of amides is 1. The number of H-pyrrole nitrogens is 1. The lowest BCUT2D eigenvalue weighted by Crippen LogP contribution is -2.20. The fourth-order valence-corrected chi connectivity index (χ4v) is 2.69. The van der Waals surface area contributed by atoms with Crippen LogP contribution in [-0.2, 0) is 9.53 Å². The summed E-state index contributed by atoms with van der Waals surface area (Å²) in [5.74, 6) is -1.06. The molecule has 0 unspecified atom stereocenters. The van der Waals surface area contributed by atoms with Gasteiger partial charge in [-0.05, 0) is 13.0 Å². The number of esters is 1. The van der Waals surface area contributed by atoms with E-state index in [1.54, 1.807) is 24.3 Å². The second kappa shape index (κ2) is 7.36. The summed E-state index contributed by atoms with van der Waals surface area (Å²) in [6.07, 6.45) is 0. The standard InChI is InChI=1S/C20H16N4O4/c1-12-6-8-13(9-7-12)16-10-18(28-24-16)21-17(25)11-27-20(26)19-14-4-2-3-5-15(14)22-23-19/h2-10H,11H2,1H3,(H,21,25)(H,22,23). The molecule has 2 heterocycles. The number of aromatic amines is 1. The zero-order valence-electron chi connectivity index (χ0n) is 14.9. The van der Waals surface area contributed by atoms with Crippen LogP contribution < -0.4 is 5.32 Å². The fourth-order valence-electron chi connectivity index (χ4n) is 2.69. The van der Waals surface area contributed by atoms with E-state index in [0.717, 1.165) is 11.1 Å². The number of ether oxygens (including phenoxy) is 1. The van der Waals surface area contributed by atoms with Gasteiger partial charge in [-0.1, -0.05) is 53.2 Å². The molecule has 0 bridgehead atoms. The van der Waals surface area contributed by atoms with Crippen molar-refractivity contribution in [1.82, 2.24) is 15.4 Å². The molecule has 0 radical (unpaired) electrons. The molecule has 4 rings (SSSR count). The third kappa shape index (κ3) is 3.61. The summed E-state index contributed by atoms with van der Waals surface area (Å²) in [5.41, 5.74) is 3.43. The number of benzene rings is 2. The lowest BCUT2D eigenvalue weighted by atomic mass is 10.1. The van der Waals surface area contributed by atoms with Crippen LogP contribution in [0.2, 0.25) is 0 Å². The summed E-state index contributed by atoms with van der Waals surface area (Å²) in [5, 5.41) is 13.7. The molecule has 0 saturated heterocycles. The smallest absolute Gasteiger partial charge is 0.359 e. The number of hydrogen-bond acceptors (Lipinski definition) is 6. The largest absolute Gasteiger partial charge is 0.451 e. The van der Waals surface area contributed by atoms with Crippen LogP contribution in [0.15, 0.2) is 59.1 Å². The number of hydrogen-bond donors (Lipinski definition) is 2. The molecule has 2 aromatic heterocycles. The Hall–Kier alpha value is -3.94. The highest BCUT2D eigenvalue weighted by Crippen LogP contribution is 2.22. The number of carbonyl (C=O) groups is 2. The van der Waals surface area contributed by atoms with E-state index in [1.165, 1.54) is 0 Å². The Morgan fingerprint density at radius 3 is 2.75 bits per heavy atom. The second-order valence-corrected chi connectivity index (χ2v) is 6.18. The van der Waals surface area contributed by atoms with Gasteiger partial charge in [0.2, 0.25) is 5.88 Å². The van der Waals surface area contributed by atoms with Crippen LogP contribution in [0.5, 0.6) is 0 Å². The number of aryl methyl sites for hydroxylation is 1. The van der Waals surface area contributed by atoms with E-state index in [-0.39, 0.29) is 11.6 Å². The number of nitrogens with one attached hydrogen (secondary N) is 2. The minimum atomic E-state index is -0.689. The Kier molecular flexibility index (Phi) is 4.59.